The van der Waals surface area contributed by atoms with Crippen molar-refractivity contribution in [3.8, 4) is 0 Å². The minimum absolute atomic E-state index is 0.315. The number of nitrogens with one attached hydrogen (secondary N) is 2. The van der Waals surface area contributed by atoms with Crippen LogP contribution in [0.1, 0.15) is 19.4 Å². The monoisotopic (exact) mass is 340 g/mol. The summed E-state index contributed by atoms with van der Waals surface area (Å²) in [6.45, 7) is 5.03. The van der Waals surface area contributed by atoms with Crippen LogP contribution in [0.2, 0.25) is 0 Å². The SMILES string of the molecule is CCNc1ncnc(NC(C)Cc2ccsc2)c1Br. The van der Waals surface area contributed by atoms with Gasteiger partial charge in [0.2, 0.25) is 0 Å². The zero-order valence-electron chi connectivity index (χ0n) is 11.0. The molecule has 2 aromatic rings. The van der Waals surface area contributed by atoms with Gasteiger partial charge in [-0.2, -0.15) is 11.3 Å². The van der Waals surface area contributed by atoms with E-state index in [0.29, 0.717) is 6.04 Å². The van der Waals surface area contributed by atoms with Crippen molar-refractivity contribution in [3.05, 3.63) is 33.2 Å². The second-order valence-electron chi connectivity index (χ2n) is 4.30. The van der Waals surface area contributed by atoms with Crippen LogP contribution < -0.4 is 10.6 Å². The van der Waals surface area contributed by atoms with Crippen LogP contribution in [0, 0.1) is 0 Å². The summed E-state index contributed by atoms with van der Waals surface area (Å²) >= 11 is 5.27. The van der Waals surface area contributed by atoms with Crippen molar-refractivity contribution in [1.82, 2.24) is 9.97 Å². The standard InChI is InChI=1S/C13H17BrN4S/c1-3-15-12-11(14)13(17-8-16-12)18-9(2)6-10-4-5-19-7-10/h4-5,7-9H,3,6H2,1-2H3,(H2,15,16,17,18). The van der Waals surface area contributed by atoms with E-state index in [1.54, 1.807) is 17.7 Å². The molecule has 2 rings (SSSR count). The zero-order valence-corrected chi connectivity index (χ0v) is 13.4. The van der Waals surface area contributed by atoms with Gasteiger partial charge in [0.25, 0.3) is 0 Å². The van der Waals surface area contributed by atoms with Crippen molar-refractivity contribution in [3.63, 3.8) is 0 Å². The molecule has 1 unspecified atom stereocenters. The first-order valence-corrected chi connectivity index (χ1v) is 7.96. The maximum absolute atomic E-state index is 4.28. The largest absolute Gasteiger partial charge is 0.369 e. The van der Waals surface area contributed by atoms with Gasteiger partial charge < -0.3 is 10.6 Å². The summed E-state index contributed by atoms with van der Waals surface area (Å²) in [6, 6.07) is 2.47. The maximum Gasteiger partial charge on any atom is 0.146 e. The highest BCUT2D eigenvalue weighted by molar-refractivity contribution is 9.10. The molecule has 4 nitrogen and oxygen atoms in total. The van der Waals surface area contributed by atoms with Crippen molar-refractivity contribution in [2.75, 3.05) is 17.2 Å². The average Bonchev–Trinajstić information content (AvgIpc) is 2.87. The van der Waals surface area contributed by atoms with Gasteiger partial charge >= 0.3 is 0 Å². The highest BCUT2D eigenvalue weighted by Gasteiger charge is 2.11. The molecule has 0 saturated carbocycles. The third-order valence-corrected chi connectivity index (χ3v) is 4.12. The van der Waals surface area contributed by atoms with Crippen molar-refractivity contribution in [2.24, 2.45) is 0 Å². The molecule has 0 bridgehead atoms. The first-order valence-electron chi connectivity index (χ1n) is 6.22. The fourth-order valence-corrected chi connectivity index (χ4v) is 2.95. The van der Waals surface area contributed by atoms with Gasteiger partial charge in [-0.3, -0.25) is 0 Å². The first kappa shape index (κ1) is 14.3. The van der Waals surface area contributed by atoms with Crippen LogP contribution in [0.3, 0.4) is 0 Å². The van der Waals surface area contributed by atoms with E-state index in [4.69, 9.17) is 0 Å². The normalized spacial score (nSPS) is 12.2. The van der Waals surface area contributed by atoms with Gasteiger partial charge in [-0.25, -0.2) is 9.97 Å². The topological polar surface area (TPSA) is 49.8 Å². The summed E-state index contributed by atoms with van der Waals surface area (Å²) in [5.74, 6) is 1.65. The molecule has 0 aliphatic heterocycles. The summed E-state index contributed by atoms with van der Waals surface area (Å²) in [6.07, 6.45) is 2.55. The summed E-state index contributed by atoms with van der Waals surface area (Å²) in [5.41, 5.74) is 1.35. The van der Waals surface area contributed by atoms with E-state index in [1.807, 2.05) is 6.92 Å². The maximum atomic E-state index is 4.28. The lowest BCUT2D eigenvalue weighted by molar-refractivity contribution is 0.785. The Bertz CT molecular complexity index is 515. The van der Waals surface area contributed by atoms with E-state index in [-0.39, 0.29) is 0 Å². The Hall–Kier alpha value is -1.14. The molecule has 0 spiro atoms. The minimum atomic E-state index is 0.315. The summed E-state index contributed by atoms with van der Waals surface area (Å²) in [4.78, 5) is 8.49. The van der Waals surface area contributed by atoms with Crippen molar-refractivity contribution in [2.45, 2.75) is 26.3 Å². The molecule has 0 aromatic carbocycles. The number of nitrogens with zero attached hydrogens (tertiary/aromatic N) is 2. The highest BCUT2D eigenvalue weighted by atomic mass is 79.9. The Morgan fingerprint density at radius 2 is 2.16 bits per heavy atom. The summed E-state index contributed by atoms with van der Waals surface area (Å²) < 4.78 is 0.883. The van der Waals surface area contributed by atoms with Gasteiger partial charge in [0.15, 0.2) is 0 Å². The zero-order chi connectivity index (χ0) is 13.7. The van der Waals surface area contributed by atoms with Crippen LogP contribution in [0.5, 0.6) is 0 Å². The number of thiophene rings is 1. The van der Waals surface area contributed by atoms with E-state index in [2.05, 4.69) is 60.3 Å². The molecule has 0 amide bonds. The van der Waals surface area contributed by atoms with E-state index < -0.39 is 0 Å². The molecule has 6 heteroatoms. The molecule has 0 saturated heterocycles. The molecule has 2 N–H and O–H groups in total. The number of hydrogen-bond acceptors (Lipinski definition) is 5. The molecule has 102 valence electrons. The van der Waals surface area contributed by atoms with Crippen LogP contribution in [0.4, 0.5) is 11.6 Å². The smallest absolute Gasteiger partial charge is 0.146 e. The predicted octanol–water partition coefficient (Wildman–Crippen LogP) is 3.78. The second kappa shape index (κ2) is 6.86. The molecule has 1 atom stereocenters. The molecule has 2 heterocycles. The fraction of sp³-hybridized carbons (Fsp3) is 0.385. The Morgan fingerprint density at radius 1 is 1.37 bits per heavy atom. The number of anilines is 2. The molecule has 0 fully saturated rings. The lowest BCUT2D eigenvalue weighted by Gasteiger charge is -2.16. The lowest BCUT2D eigenvalue weighted by atomic mass is 10.1. The Kier molecular flexibility index (Phi) is 5.15. The highest BCUT2D eigenvalue weighted by Crippen LogP contribution is 2.27. The Balaban J connectivity index is 2.04. The number of rotatable bonds is 6. The molecule has 2 aromatic heterocycles. The number of halogens is 1. The number of hydrogen-bond donors (Lipinski definition) is 2. The van der Waals surface area contributed by atoms with Gasteiger partial charge in [-0.15, -0.1) is 0 Å². The summed E-state index contributed by atoms with van der Waals surface area (Å²) in [5, 5.41) is 10.9. The molecule has 0 aliphatic carbocycles. The molecule has 0 aliphatic rings. The van der Waals surface area contributed by atoms with Crippen LogP contribution >= 0.6 is 27.3 Å². The van der Waals surface area contributed by atoms with Crippen LogP contribution in [-0.4, -0.2) is 22.6 Å². The van der Waals surface area contributed by atoms with Crippen LogP contribution in [-0.2, 0) is 6.42 Å². The van der Waals surface area contributed by atoms with Gasteiger partial charge in [0.05, 0.1) is 0 Å². The minimum Gasteiger partial charge on any atom is -0.369 e. The average molecular weight is 341 g/mol. The number of aromatic nitrogens is 2. The molecular weight excluding hydrogens is 324 g/mol. The predicted molar refractivity (Wildman–Crippen MR) is 85.0 cm³/mol. The van der Waals surface area contributed by atoms with Gasteiger partial charge in [-0.1, -0.05) is 0 Å². The van der Waals surface area contributed by atoms with E-state index in [0.717, 1.165) is 29.1 Å². The first-order chi connectivity index (χ1) is 9.20. The van der Waals surface area contributed by atoms with E-state index in [1.165, 1.54) is 5.56 Å². The third kappa shape index (κ3) is 3.91. The van der Waals surface area contributed by atoms with Crippen molar-refractivity contribution >= 4 is 38.9 Å². The second-order valence-corrected chi connectivity index (χ2v) is 5.87. The molecule has 19 heavy (non-hydrogen) atoms. The van der Waals surface area contributed by atoms with E-state index in [9.17, 15) is 0 Å². The van der Waals surface area contributed by atoms with Crippen LogP contribution in [0.25, 0.3) is 0 Å². The Morgan fingerprint density at radius 3 is 2.84 bits per heavy atom. The van der Waals surface area contributed by atoms with Crippen LogP contribution in [0.15, 0.2) is 27.6 Å². The van der Waals surface area contributed by atoms with Gasteiger partial charge in [-0.05, 0) is 58.6 Å². The Labute approximate surface area is 125 Å². The third-order valence-electron chi connectivity index (χ3n) is 2.64. The molecule has 0 radical (unpaired) electrons. The van der Waals surface area contributed by atoms with Crippen molar-refractivity contribution in [1.29, 1.82) is 0 Å². The summed E-state index contributed by atoms with van der Waals surface area (Å²) in [7, 11) is 0. The van der Waals surface area contributed by atoms with Gasteiger partial charge in [0.1, 0.15) is 22.4 Å². The molecular formula is C13H17BrN4S. The quantitative estimate of drug-likeness (QED) is 0.840. The lowest BCUT2D eigenvalue weighted by Crippen LogP contribution is -2.19. The van der Waals surface area contributed by atoms with Crippen molar-refractivity contribution < 1.29 is 0 Å². The van der Waals surface area contributed by atoms with E-state index >= 15 is 0 Å². The van der Waals surface area contributed by atoms with Gasteiger partial charge in [0, 0.05) is 12.6 Å². The fourth-order valence-electron chi connectivity index (χ4n) is 1.81.